The zero-order valence-electron chi connectivity index (χ0n) is 14.4. The van der Waals surface area contributed by atoms with E-state index in [1.165, 1.54) is 42.5 Å². The maximum absolute atomic E-state index is 12.5. The highest BCUT2D eigenvalue weighted by molar-refractivity contribution is 7.92. The maximum Gasteiger partial charge on any atom is 0.263 e. The third kappa shape index (κ3) is 5.01. The highest BCUT2D eigenvalue weighted by Gasteiger charge is 2.19. The molecule has 2 N–H and O–H groups in total. The van der Waals surface area contributed by atoms with Gasteiger partial charge in [-0.2, -0.15) is 0 Å². The molecule has 1 heterocycles. The summed E-state index contributed by atoms with van der Waals surface area (Å²) in [6.07, 6.45) is 1.65. The number of hydrogen-bond donors (Lipinski definition) is 2. The minimum absolute atomic E-state index is 0.0578. The summed E-state index contributed by atoms with van der Waals surface area (Å²) in [5.41, 5.74) is 1.41. The van der Waals surface area contributed by atoms with E-state index in [4.69, 9.17) is 23.2 Å². The summed E-state index contributed by atoms with van der Waals surface area (Å²) in [7, 11) is -3.92. The average molecular weight is 436 g/mol. The molecule has 0 saturated carbocycles. The van der Waals surface area contributed by atoms with Crippen LogP contribution in [0.2, 0.25) is 10.0 Å². The topological polar surface area (TPSA) is 88.2 Å². The molecule has 0 unspecified atom stereocenters. The van der Waals surface area contributed by atoms with Crippen molar-refractivity contribution in [1.29, 1.82) is 0 Å². The number of amides is 1. The number of sulfonamides is 1. The normalized spacial score (nSPS) is 11.1. The number of carbonyl (C=O) groups is 1. The summed E-state index contributed by atoms with van der Waals surface area (Å²) in [6.45, 7) is 0.293. The summed E-state index contributed by atoms with van der Waals surface area (Å²) < 4.78 is 27.4. The second-order valence-electron chi connectivity index (χ2n) is 5.76. The minimum atomic E-state index is -3.92. The van der Waals surface area contributed by atoms with Crippen molar-refractivity contribution in [1.82, 2.24) is 10.3 Å². The molecule has 0 atom stereocenters. The lowest BCUT2D eigenvalue weighted by molar-refractivity contribution is 0.0950. The van der Waals surface area contributed by atoms with Gasteiger partial charge in [0, 0.05) is 22.5 Å². The Morgan fingerprint density at radius 2 is 1.75 bits per heavy atom. The summed E-state index contributed by atoms with van der Waals surface area (Å²) >= 11 is 11.8. The second kappa shape index (κ2) is 8.60. The zero-order valence-corrected chi connectivity index (χ0v) is 16.7. The molecular formula is C19H15Cl2N3O3S. The lowest BCUT2D eigenvalue weighted by Crippen LogP contribution is -2.23. The Kier molecular flexibility index (Phi) is 6.18. The first-order valence-electron chi connectivity index (χ1n) is 8.11. The van der Waals surface area contributed by atoms with Crippen molar-refractivity contribution in [3.05, 3.63) is 88.2 Å². The molecule has 9 heteroatoms. The molecule has 6 nitrogen and oxygen atoms in total. The number of benzene rings is 2. The molecule has 3 aromatic rings. The molecular weight excluding hydrogens is 421 g/mol. The zero-order chi connectivity index (χ0) is 20.1. The molecule has 0 aliphatic carbocycles. The molecule has 28 heavy (non-hydrogen) atoms. The Hall–Kier alpha value is -2.61. The predicted molar refractivity (Wildman–Crippen MR) is 109 cm³/mol. The van der Waals surface area contributed by atoms with Gasteiger partial charge in [0.15, 0.2) is 0 Å². The highest BCUT2D eigenvalue weighted by Crippen LogP contribution is 2.26. The lowest BCUT2D eigenvalue weighted by Gasteiger charge is -2.10. The molecule has 2 aromatic carbocycles. The van der Waals surface area contributed by atoms with Crippen molar-refractivity contribution in [2.45, 2.75) is 11.4 Å². The SMILES string of the molecule is O=C(NCc1ccccn1)c1ccc(NS(=O)(=O)c2cc(Cl)ccc2Cl)cc1. The van der Waals surface area contributed by atoms with Gasteiger partial charge in [0.1, 0.15) is 4.90 Å². The standard InChI is InChI=1S/C19H15Cl2N3O3S/c20-14-6-9-17(21)18(11-14)28(26,27)24-15-7-4-13(5-8-15)19(25)23-12-16-3-1-2-10-22-16/h1-11,24H,12H2,(H,23,25). The first-order chi connectivity index (χ1) is 13.3. The van der Waals surface area contributed by atoms with E-state index in [0.717, 1.165) is 5.69 Å². The van der Waals surface area contributed by atoms with Gasteiger partial charge in [0.05, 0.1) is 17.3 Å². The summed E-state index contributed by atoms with van der Waals surface area (Å²) in [5.74, 6) is -0.294. The minimum Gasteiger partial charge on any atom is -0.346 e. The molecule has 1 aromatic heterocycles. The fourth-order valence-corrected chi connectivity index (χ4v) is 4.18. The van der Waals surface area contributed by atoms with Crippen LogP contribution < -0.4 is 10.0 Å². The number of aromatic nitrogens is 1. The Balaban J connectivity index is 1.68. The van der Waals surface area contributed by atoms with Gasteiger partial charge in [-0.15, -0.1) is 0 Å². The number of anilines is 1. The van der Waals surface area contributed by atoms with Crippen molar-refractivity contribution in [2.75, 3.05) is 4.72 Å². The van der Waals surface area contributed by atoms with Crippen LogP contribution in [0.5, 0.6) is 0 Å². The monoisotopic (exact) mass is 435 g/mol. The van der Waals surface area contributed by atoms with E-state index in [9.17, 15) is 13.2 Å². The van der Waals surface area contributed by atoms with Crippen LogP contribution in [0.15, 0.2) is 71.8 Å². The Morgan fingerprint density at radius 1 is 1.00 bits per heavy atom. The van der Waals surface area contributed by atoms with Crippen LogP contribution in [0.1, 0.15) is 16.1 Å². The quantitative estimate of drug-likeness (QED) is 0.609. The van der Waals surface area contributed by atoms with Gasteiger partial charge in [0.2, 0.25) is 0 Å². The van der Waals surface area contributed by atoms with E-state index in [1.807, 2.05) is 6.07 Å². The molecule has 0 spiro atoms. The molecule has 3 rings (SSSR count). The van der Waals surface area contributed by atoms with E-state index in [-0.39, 0.29) is 26.5 Å². The number of nitrogens with one attached hydrogen (secondary N) is 2. The average Bonchev–Trinajstić information content (AvgIpc) is 2.69. The van der Waals surface area contributed by atoms with Gasteiger partial charge in [-0.1, -0.05) is 29.3 Å². The second-order valence-corrected chi connectivity index (χ2v) is 8.26. The molecule has 1 amide bonds. The van der Waals surface area contributed by atoms with E-state index >= 15 is 0 Å². The van der Waals surface area contributed by atoms with Gasteiger partial charge in [-0.3, -0.25) is 14.5 Å². The third-order valence-electron chi connectivity index (χ3n) is 3.74. The van der Waals surface area contributed by atoms with Crippen LogP contribution in [0.4, 0.5) is 5.69 Å². The number of pyridine rings is 1. The highest BCUT2D eigenvalue weighted by atomic mass is 35.5. The first kappa shape index (κ1) is 20.1. The number of hydrogen-bond acceptors (Lipinski definition) is 4. The molecule has 0 bridgehead atoms. The van der Waals surface area contributed by atoms with Crippen molar-refractivity contribution < 1.29 is 13.2 Å². The molecule has 0 aliphatic rings. The summed E-state index contributed by atoms with van der Waals surface area (Å²) in [5, 5.41) is 3.06. The fraction of sp³-hybridized carbons (Fsp3) is 0.0526. The number of halogens is 2. The van der Waals surface area contributed by atoms with Crippen molar-refractivity contribution in [3.8, 4) is 0 Å². The van der Waals surface area contributed by atoms with Crippen LogP contribution in [0.3, 0.4) is 0 Å². The van der Waals surface area contributed by atoms with Crippen LogP contribution in [0.25, 0.3) is 0 Å². The third-order valence-corrected chi connectivity index (χ3v) is 5.84. The molecule has 0 aliphatic heterocycles. The van der Waals surface area contributed by atoms with Crippen LogP contribution in [-0.4, -0.2) is 19.3 Å². The largest absolute Gasteiger partial charge is 0.346 e. The van der Waals surface area contributed by atoms with Crippen LogP contribution in [0, 0.1) is 0 Å². The Labute approximate surface area is 172 Å². The smallest absolute Gasteiger partial charge is 0.263 e. The van der Waals surface area contributed by atoms with E-state index in [1.54, 1.807) is 18.3 Å². The predicted octanol–water partition coefficient (Wildman–Crippen LogP) is 4.12. The van der Waals surface area contributed by atoms with Gasteiger partial charge < -0.3 is 5.32 Å². The van der Waals surface area contributed by atoms with E-state index < -0.39 is 10.0 Å². The number of carbonyl (C=O) groups excluding carboxylic acids is 1. The van der Waals surface area contributed by atoms with E-state index in [2.05, 4.69) is 15.0 Å². The van der Waals surface area contributed by atoms with Crippen molar-refractivity contribution in [2.24, 2.45) is 0 Å². The molecule has 144 valence electrons. The van der Waals surface area contributed by atoms with Crippen molar-refractivity contribution >= 4 is 44.8 Å². The fourth-order valence-electron chi connectivity index (χ4n) is 2.36. The van der Waals surface area contributed by atoms with Crippen LogP contribution in [-0.2, 0) is 16.6 Å². The Morgan fingerprint density at radius 3 is 2.43 bits per heavy atom. The van der Waals surface area contributed by atoms with Crippen LogP contribution >= 0.6 is 23.2 Å². The summed E-state index contributed by atoms with van der Waals surface area (Å²) in [4.78, 5) is 16.2. The first-order valence-corrected chi connectivity index (χ1v) is 10.3. The lowest BCUT2D eigenvalue weighted by atomic mass is 10.2. The van der Waals surface area contributed by atoms with Crippen molar-refractivity contribution in [3.63, 3.8) is 0 Å². The van der Waals surface area contributed by atoms with Gasteiger partial charge >= 0.3 is 0 Å². The molecule has 0 saturated heterocycles. The molecule has 0 radical (unpaired) electrons. The van der Waals surface area contributed by atoms with Gasteiger partial charge in [-0.25, -0.2) is 8.42 Å². The number of rotatable bonds is 6. The maximum atomic E-state index is 12.5. The molecule has 0 fully saturated rings. The van der Waals surface area contributed by atoms with E-state index in [0.29, 0.717) is 12.1 Å². The van der Waals surface area contributed by atoms with Gasteiger partial charge in [-0.05, 0) is 54.6 Å². The van der Waals surface area contributed by atoms with Gasteiger partial charge in [0.25, 0.3) is 15.9 Å². The summed E-state index contributed by atoms with van der Waals surface area (Å²) in [6, 6.07) is 15.6. The Bertz CT molecular complexity index is 1090. The number of nitrogens with zero attached hydrogens (tertiary/aromatic N) is 1.